The number of fused-ring (bicyclic) bond motifs is 5. The van der Waals surface area contributed by atoms with Crippen LogP contribution in [0.15, 0.2) is 53.3 Å². The molecule has 4 atom stereocenters. The number of aryl methyl sites for hydroxylation is 1. The molecule has 6 amide bonds. The molecule has 2 aromatic carbocycles. The maximum atomic E-state index is 15.4. The number of anilines is 1. The number of ether oxygens (including phenoxy) is 4. The molecule has 20 nitrogen and oxygen atoms in total. The molecule has 0 saturated heterocycles. The summed E-state index contributed by atoms with van der Waals surface area (Å²) in [7, 11) is 0. The van der Waals surface area contributed by atoms with Gasteiger partial charge in [-0.1, -0.05) is 32.9 Å². The van der Waals surface area contributed by atoms with Gasteiger partial charge in [-0.15, -0.1) is 0 Å². The average Bonchev–Trinajstić information content (AvgIpc) is 3.89. The maximum Gasteiger partial charge on any atom is 0.407 e. The monoisotopic (exact) mass is 993 g/mol. The van der Waals surface area contributed by atoms with Crippen LogP contribution >= 0.6 is 0 Å². The predicted molar refractivity (Wildman–Crippen MR) is 255 cm³/mol. The number of carbonyl (C=O) groups excluding carboxylic acids is 7. The molecular weight excluding hydrogens is 938 g/mol. The fraction of sp³-hybridized carbons (Fsp3) is 0.431. The Hall–Kier alpha value is -7.36. The fourth-order valence-electron chi connectivity index (χ4n) is 9.41. The van der Waals surface area contributed by atoms with Crippen molar-refractivity contribution in [3.63, 3.8) is 0 Å². The van der Waals surface area contributed by atoms with Gasteiger partial charge in [0.2, 0.25) is 17.7 Å². The van der Waals surface area contributed by atoms with Crippen molar-refractivity contribution in [2.45, 2.75) is 104 Å². The number of carbonyl (C=O) groups is 7. The number of aromatic nitrogens is 2. The van der Waals surface area contributed by atoms with E-state index in [0.717, 1.165) is 10.5 Å². The highest BCUT2D eigenvalue weighted by atomic mass is 19.1. The highest BCUT2D eigenvalue weighted by Gasteiger charge is 2.46. The third-order valence-electron chi connectivity index (χ3n) is 13.5. The number of cyclic esters (lactones) is 1. The number of amides is 6. The molecule has 380 valence electrons. The number of nitrogens with one attached hydrogen (secondary N) is 4. The fourth-order valence-corrected chi connectivity index (χ4v) is 9.41. The molecular formula is C51H56FN7O13. The van der Waals surface area contributed by atoms with E-state index in [1.54, 1.807) is 58.0 Å². The molecule has 72 heavy (non-hydrogen) atoms. The molecule has 3 aliphatic heterocycles. The van der Waals surface area contributed by atoms with E-state index in [1.807, 2.05) is 0 Å². The van der Waals surface area contributed by atoms with Crippen molar-refractivity contribution in [1.29, 1.82) is 0 Å². The lowest BCUT2D eigenvalue weighted by atomic mass is 9.81. The summed E-state index contributed by atoms with van der Waals surface area (Å²) in [5.74, 6) is -3.89. The van der Waals surface area contributed by atoms with E-state index in [-0.39, 0.29) is 94.4 Å². The summed E-state index contributed by atoms with van der Waals surface area (Å²) in [4.78, 5) is 108. The summed E-state index contributed by atoms with van der Waals surface area (Å²) >= 11 is 0. The second-order valence-corrected chi connectivity index (χ2v) is 18.5. The summed E-state index contributed by atoms with van der Waals surface area (Å²) < 4.78 is 38.6. The lowest BCUT2D eigenvalue weighted by Crippen LogP contribution is -2.53. The first-order valence-corrected chi connectivity index (χ1v) is 23.8. The first kappa shape index (κ1) is 51.0. The Morgan fingerprint density at radius 1 is 0.931 bits per heavy atom. The van der Waals surface area contributed by atoms with Crippen LogP contribution in [0, 0.1) is 18.7 Å². The molecule has 2 aromatic heterocycles. The number of alkyl carbamates (subject to hydrolysis) is 1. The summed E-state index contributed by atoms with van der Waals surface area (Å²) in [6.45, 7) is 8.65. The first-order chi connectivity index (χ1) is 34.4. The molecule has 0 spiro atoms. The molecule has 5 N–H and O–H groups in total. The van der Waals surface area contributed by atoms with Crippen molar-refractivity contribution in [3.05, 3.63) is 104 Å². The number of benzene rings is 2. The molecule has 4 aromatic rings. The number of hydrogen-bond acceptors (Lipinski definition) is 14. The van der Waals surface area contributed by atoms with Crippen LogP contribution in [0.4, 0.5) is 14.9 Å². The van der Waals surface area contributed by atoms with Crippen LogP contribution in [-0.4, -0.2) is 106 Å². The van der Waals surface area contributed by atoms with Gasteiger partial charge in [-0.25, -0.2) is 19.0 Å². The zero-order chi connectivity index (χ0) is 51.6. The van der Waals surface area contributed by atoms with E-state index in [1.165, 1.54) is 29.7 Å². The molecule has 0 saturated carbocycles. The Balaban J connectivity index is 0.829. The summed E-state index contributed by atoms with van der Waals surface area (Å²) in [5, 5.41) is 23.1. The van der Waals surface area contributed by atoms with E-state index in [4.69, 9.17) is 23.9 Å². The largest absolute Gasteiger partial charge is 0.458 e. The average molecular weight is 994 g/mol. The zero-order valence-electron chi connectivity index (χ0n) is 40.5. The van der Waals surface area contributed by atoms with Crippen LogP contribution in [0.1, 0.15) is 91.9 Å². The number of aliphatic hydroxyl groups is 1. The third-order valence-corrected chi connectivity index (χ3v) is 13.5. The number of halogens is 1. The molecule has 0 unspecified atom stereocenters. The highest BCUT2D eigenvalue weighted by molar-refractivity contribution is 6.12. The standard InChI is InChI=1S/C51H56FN7O13/c1-6-51(68)34-21-38-45-32(23-59(38)48(65)33(34)25-71-49(51)66)43-36(12-11-31-27(4)35(52)22-37(55-45)42(31)43)56-50(67)72-24-29-7-9-30(10-8-29)54-46(63)28(5)53-47(64)44(26(2)3)57-39(60)15-17-69-19-20-70-18-16-58-40(61)13-14-41(58)62/h7-10,13-14,21-22,26,28,36,44,68H,6,11-12,15-20,23-25H2,1-5H3,(H,53,64)(H,54,63)(H,56,67)(H,57,60)/t28-,36-,44-,51-/m0/s1. The lowest BCUT2D eigenvalue weighted by molar-refractivity contribution is -0.172. The van der Waals surface area contributed by atoms with Crippen LogP contribution in [0.3, 0.4) is 0 Å². The number of rotatable bonds is 19. The van der Waals surface area contributed by atoms with E-state index >= 15 is 4.39 Å². The molecule has 0 radical (unpaired) electrons. The molecule has 8 rings (SSSR count). The number of imide groups is 1. The van der Waals surface area contributed by atoms with Gasteiger partial charge >= 0.3 is 12.1 Å². The van der Waals surface area contributed by atoms with Gasteiger partial charge in [0.05, 0.1) is 68.0 Å². The number of hydrogen-bond donors (Lipinski definition) is 5. The van der Waals surface area contributed by atoms with E-state index in [2.05, 4.69) is 21.3 Å². The Morgan fingerprint density at radius 3 is 2.33 bits per heavy atom. The van der Waals surface area contributed by atoms with Gasteiger partial charge in [-0.3, -0.25) is 33.7 Å². The number of esters is 1. The Morgan fingerprint density at radius 2 is 1.64 bits per heavy atom. The predicted octanol–water partition coefficient (Wildman–Crippen LogP) is 3.37. The van der Waals surface area contributed by atoms with Gasteiger partial charge in [0.25, 0.3) is 17.4 Å². The van der Waals surface area contributed by atoms with Crippen molar-refractivity contribution in [1.82, 2.24) is 30.4 Å². The molecule has 0 bridgehead atoms. The van der Waals surface area contributed by atoms with Gasteiger partial charge in [0, 0.05) is 46.8 Å². The smallest absolute Gasteiger partial charge is 0.407 e. The highest BCUT2D eigenvalue weighted by Crippen LogP contribution is 2.46. The third kappa shape index (κ3) is 10.2. The van der Waals surface area contributed by atoms with Gasteiger partial charge in [-0.05, 0) is 79.5 Å². The molecule has 5 heterocycles. The molecule has 21 heteroatoms. The van der Waals surface area contributed by atoms with Gasteiger partial charge in [0.15, 0.2) is 5.60 Å². The van der Waals surface area contributed by atoms with Crippen molar-refractivity contribution in [2.24, 2.45) is 5.92 Å². The van der Waals surface area contributed by atoms with Crippen LogP contribution in [0.5, 0.6) is 0 Å². The van der Waals surface area contributed by atoms with Crippen molar-refractivity contribution < 1.29 is 62.0 Å². The second-order valence-electron chi connectivity index (χ2n) is 18.5. The Bertz CT molecular complexity index is 2950. The van der Waals surface area contributed by atoms with Gasteiger partial charge in [-0.2, -0.15) is 0 Å². The first-order valence-electron chi connectivity index (χ1n) is 23.8. The van der Waals surface area contributed by atoms with Crippen LogP contribution in [0.25, 0.3) is 22.3 Å². The van der Waals surface area contributed by atoms with Gasteiger partial charge in [0.1, 0.15) is 31.1 Å². The van der Waals surface area contributed by atoms with E-state index < -0.39 is 64.9 Å². The molecule has 4 aliphatic rings. The van der Waals surface area contributed by atoms with Crippen molar-refractivity contribution in [3.8, 4) is 11.4 Å². The summed E-state index contributed by atoms with van der Waals surface area (Å²) in [6, 6.07) is 6.93. The Labute approximate surface area is 412 Å². The van der Waals surface area contributed by atoms with Crippen LogP contribution in [0.2, 0.25) is 0 Å². The summed E-state index contributed by atoms with van der Waals surface area (Å²) in [5.41, 5.74) is 2.43. The molecule has 0 fully saturated rings. The minimum atomic E-state index is -2.03. The quantitative estimate of drug-likeness (QED) is 0.0452. The summed E-state index contributed by atoms with van der Waals surface area (Å²) in [6.07, 6.45) is 2.42. The maximum absolute atomic E-state index is 15.4. The minimum absolute atomic E-state index is 0.0319. The zero-order valence-corrected chi connectivity index (χ0v) is 40.5. The van der Waals surface area contributed by atoms with E-state index in [9.17, 15) is 43.5 Å². The Kier molecular flexibility index (Phi) is 15.0. The van der Waals surface area contributed by atoms with Crippen molar-refractivity contribution in [2.75, 3.05) is 38.3 Å². The minimum Gasteiger partial charge on any atom is -0.458 e. The normalized spacial score (nSPS) is 18.3. The number of pyridine rings is 2. The molecule has 1 aliphatic carbocycles. The van der Waals surface area contributed by atoms with Gasteiger partial charge < -0.3 is 49.9 Å². The lowest BCUT2D eigenvalue weighted by Gasteiger charge is -2.31. The second kappa shape index (κ2) is 21.2. The van der Waals surface area contributed by atoms with Crippen LogP contribution in [-0.2, 0) is 79.5 Å². The number of nitrogens with zero attached hydrogens (tertiary/aromatic N) is 3. The SMILES string of the molecule is CC[C@@]1(O)C(=O)OCc2c1cc1n(c2=O)Cc2c-1nc1cc(F)c(C)c3c1c2[C@@H](NC(=O)OCc1ccc(NC(=O)[C@H](C)NC(=O)[C@@H](NC(=O)CCOCCOCCN2C(=O)C=CC2=O)C(C)C)cc1)CC3. The van der Waals surface area contributed by atoms with Crippen molar-refractivity contribution >= 4 is 58.2 Å². The van der Waals surface area contributed by atoms with Crippen LogP contribution < -0.4 is 26.8 Å². The topological polar surface area (TPSA) is 263 Å². The van der Waals surface area contributed by atoms with E-state index in [0.29, 0.717) is 63.1 Å².